The number of nitrogens with one attached hydrogen (secondary N) is 1. The summed E-state index contributed by atoms with van der Waals surface area (Å²) in [6.45, 7) is 0. The molecule has 1 aromatic heterocycles. The summed E-state index contributed by atoms with van der Waals surface area (Å²) in [4.78, 5) is 13.3. The van der Waals surface area contributed by atoms with E-state index in [0.717, 1.165) is 33.9 Å². The second-order valence-corrected chi connectivity index (χ2v) is 11.6. The van der Waals surface area contributed by atoms with Crippen LogP contribution in [0.3, 0.4) is 0 Å². The zero-order valence-corrected chi connectivity index (χ0v) is 19.2. The van der Waals surface area contributed by atoms with Gasteiger partial charge in [0.25, 0.3) is 0 Å². The number of nitrogens with zero attached hydrogens (tertiary/aromatic N) is 2. The van der Waals surface area contributed by atoms with Gasteiger partial charge in [0, 0.05) is 29.4 Å². The number of hydrogen-bond donors (Lipinski definition) is 1. The number of carbonyl (C=O) groups is 1. The molecular formula is C24H25N3O3S2. The van der Waals surface area contributed by atoms with Crippen molar-refractivity contribution < 1.29 is 13.2 Å². The van der Waals surface area contributed by atoms with E-state index in [9.17, 15) is 13.2 Å². The quantitative estimate of drug-likeness (QED) is 0.589. The van der Waals surface area contributed by atoms with Gasteiger partial charge >= 0.3 is 0 Å². The van der Waals surface area contributed by atoms with Crippen LogP contribution >= 0.6 is 11.8 Å². The van der Waals surface area contributed by atoms with Gasteiger partial charge in [-0.25, -0.2) is 13.1 Å². The number of carbonyl (C=O) groups excluding carboxylic acids is 1. The number of thioether (sulfide) groups is 1. The Labute approximate surface area is 192 Å². The summed E-state index contributed by atoms with van der Waals surface area (Å²) >= 11 is 1.76. The summed E-state index contributed by atoms with van der Waals surface area (Å²) in [6, 6.07) is 19.9. The topological polar surface area (TPSA) is 81.1 Å². The lowest BCUT2D eigenvalue weighted by Crippen LogP contribution is -2.22. The molecule has 166 valence electrons. The normalized spacial score (nSPS) is 19.2. The number of amides is 1. The van der Waals surface area contributed by atoms with E-state index in [1.54, 1.807) is 16.4 Å². The molecule has 1 fully saturated rings. The van der Waals surface area contributed by atoms with E-state index in [0.29, 0.717) is 18.7 Å². The number of aromatic nitrogens is 2. The molecule has 5 rings (SSSR count). The molecule has 3 heterocycles. The van der Waals surface area contributed by atoms with Crippen LogP contribution in [0.5, 0.6) is 0 Å². The maximum absolute atomic E-state index is 13.3. The zero-order chi connectivity index (χ0) is 22.1. The van der Waals surface area contributed by atoms with E-state index >= 15 is 0 Å². The van der Waals surface area contributed by atoms with Crippen molar-refractivity contribution in [2.24, 2.45) is 0 Å². The first-order valence-electron chi connectivity index (χ1n) is 10.8. The Balaban J connectivity index is 1.42. The molecule has 1 saturated heterocycles. The molecule has 0 radical (unpaired) electrons. The third-order valence-electron chi connectivity index (χ3n) is 6.18. The molecule has 2 aliphatic heterocycles. The molecule has 1 amide bonds. The summed E-state index contributed by atoms with van der Waals surface area (Å²) in [5.74, 6) is 2.35. The molecule has 8 heteroatoms. The van der Waals surface area contributed by atoms with Gasteiger partial charge in [0.15, 0.2) is 9.84 Å². The van der Waals surface area contributed by atoms with Gasteiger partial charge in [-0.1, -0.05) is 60.7 Å². The molecule has 0 bridgehead atoms. The minimum atomic E-state index is -3.05. The van der Waals surface area contributed by atoms with Gasteiger partial charge in [-0.3, -0.25) is 4.79 Å². The van der Waals surface area contributed by atoms with E-state index < -0.39 is 9.84 Å². The van der Waals surface area contributed by atoms with Crippen LogP contribution in [-0.2, 0) is 26.1 Å². The van der Waals surface area contributed by atoms with E-state index in [2.05, 4.69) is 5.32 Å². The lowest BCUT2D eigenvalue weighted by molar-refractivity contribution is -0.116. The van der Waals surface area contributed by atoms with Gasteiger partial charge in [-0.05, 0) is 17.5 Å². The molecule has 2 aliphatic rings. The number of fused-ring (bicyclic) bond motifs is 1. The molecule has 2 aromatic carbocycles. The van der Waals surface area contributed by atoms with Gasteiger partial charge in [-0.2, -0.15) is 16.9 Å². The van der Waals surface area contributed by atoms with Crippen molar-refractivity contribution in [3.63, 3.8) is 0 Å². The lowest BCUT2D eigenvalue weighted by Gasteiger charge is -2.19. The van der Waals surface area contributed by atoms with Gasteiger partial charge in [-0.15, -0.1) is 0 Å². The monoisotopic (exact) mass is 467 g/mol. The average molecular weight is 468 g/mol. The van der Waals surface area contributed by atoms with Crippen molar-refractivity contribution >= 4 is 33.3 Å². The summed E-state index contributed by atoms with van der Waals surface area (Å²) in [5.41, 5.74) is 4.16. The first-order valence-corrected chi connectivity index (χ1v) is 13.8. The Morgan fingerprint density at radius 3 is 2.31 bits per heavy atom. The van der Waals surface area contributed by atoms with Gasteiger partial charge in [0.05, 0.1) is 23.2 Å². The smallest absolute Gasteiger partial charge is 0.226 e. The number of benzene rings is 2. The van der Waals surface area contributed by atoms with E-state index in [1.807, 2.05) is 60.7 Å². The number of hydrogen-bond acceptors (Lipinski definition) is 5. The minimum absolute atomic E-state index is 0.0666. The van der Waals surface area contributed by atoms with Gasteiger partial charge in [0.1, 0.15) is 5.82 Å². The standard InChI is InChI=1S/C24H25N3O3S2/c28-23(13-20(17-7-3-1-4-8-17)18-9-5-2-6-10-18)25-24-21-14-31-15-22(21)26-27(24)19-11-12-32(29,30)16-19/h1-10,19-20H,11-16H2,(H,25,28). The van der Waals surface area contributed by atoms with Crippen LogP contribution in [0.2, 0.25) is 0 Å². The van der Waals surface area contributed by atoms with E-state index in [1.165, 1.54) is 0 Å². The highest BCUT2D eigenvalue weighted by atomic mass is 32.2. The van der Waals surface area contributed by atoms with Crippen molar-refractivity contribution in [1.82, 2.24) is 9.78 Å². The lowest BCUT2D eigenvalue weighted by atomic mass is 9.88. The second kappa shape index (κ2) is 8.75. The molecule has 1 atom stereocenters. The van der Waals surface area contributed by atoms with Crippen LogP contribution in [0.1, 0.15) is 47.2 Å². The predicted octanol–water partition coefficient (Wildman–Crippen LogP) is 4.15. The van der Waals surface area contributed by atoms with Crippen LogP contribution < -0.4 is 5.32 Å². The molecule has 0 aliphatic carbocycles. The molecular weight excluding hydrogens is 442 g/mol. The Morgan fingerprint density at radius 2 is 1.72 bits per heavy atom. The molecule has 1 N–H and O–H groups in total. The Hall–Kier alpha value is -2.58. The Kier molecular flexibility index (Phi) is 5.82. The predicted molar refractivity (Wildman–Crippen MR) is 128 cm³/mol. The second-order valence-electron chi connectivity index (χ2n) is 8.39. The van der Waals surface area contributed by atoms with Gasteiger partial charge < -0.3 is 5.32 Å². The Morgan fingerprint density at radius 1 is 1.06 bits per heavy atom. The maximum atomic E-state index is 13.3. The number of rotatable bonds is 6. The maximum Gasteiger partial charge on any atom is 0.226 e. The van der Waals surface area contributed by atoms with Crippen LogP contribution in [0.25, 0.3) is 0 Å². The fourth-order valence-corrected chi connectivity index (χ4v) is 7.29. The SMILES string of the molecule is O=C(CC(c1ccccc1)c1ccccc1)Nc1c2c(nn1C1CCS(=O)(=O)C1)CSC2. The van der Waals surface area contributed by atoms with Crippen LogP contribution in [0.4, 0.5) is 5.82 Å². The summed E-state index contributed by atoms with van der Waals surface area (Å²) < 4.78 is 25.9. The largest absolute Gasteiger partial charge is 0.311 e. The molecule has 6 nitrogen and oxygen atoms in total. The van der Waals surface area contributed by atoms with Crippen molar-refractivity contribution in [3.8, 4) is 0 Å². The highest BCUT2D eigenvalue weighted by molar-refractivity contribution is 7.98. The summed E-state index contributed by atoms with van der Waals surface area (Å²) in [6.07, 6.45) is 0.833. The molecule has 0 saturated carbocycles. The van der Waals surface area contributed by atoms with E-state index in [4.69, 9.17) is 5.10 Å². The Bertz CT molecular complexity index is 1180. The number of anilines is 1. The fraction of sp³-hybridized carbons (Fsp3) is 0.333. The zero-order valence-electron chi connectivity index (χ0n) is 17.6. The fourth-order valence-electron chi connectivity index (χ4n) is 4.57. The molecule has 3 aromatic rings. The van der Waals surface area contributed by atoms with Crippen molar-refractivity contribution in [3.05, 3.63) is 83.0 Å². The van der Waals surface area contributed by atoms with E-state index in [-0.39, 0.29) is 29.4 Å². The van der Waals surface area contributed by atoms with Crippen LogP contribution in [-0.4, -0.2) is 35.6 Å². The van der Waals surface area contributed by atoms with Crippen LogP contribution in [0.15, 0.2) is 60.7 Å². The highest BCUT2D eigenvalue weighted by Gasteiger charge is 2.34. The van der Waals surface area contributed by atoms with Crippen molar-refractivity contribution in [2.45, 2.75) is 36.3 Å². The number of sulfone groups is 1. The third kappa shape index (κ3) is 4.34. The summed E-state index contributed by atoms with van der Waals surface area (Å²) in [7, 11) is -3.05. The molecule has 0 spiro atoms. The third-order valence-corrected chi connectivity index (χ3v) is 8.90. The average Bonchev–Trinajstić information content (AvgIpc) is 3.49. The molecule has 32 heavy (non-hydrogen) atoms. The minimum Gasteiger partial charge on any atom is -0.311 e. The first kappa shape index (κ1) is 21.3. The highest BCUT2D eigenvalue weighted by Crippen LogP contribution is 2.38. The summed E-state index contributed by atoms with van der Waals surface area (Å²) in [5, 5.41) is 7.82. The molecule has 1 unspecified atom stereocenters. The van der Waals surface area contributed by atoms with Gasteiger partial charge in [0.2, 0.25) is 5.91 Å². The van der Waals surface area contributed by atoms with Crippen molar-refractivity contribution in [2.75, 3.05) is 16.8 Å². The van der Waals surface area contributed by atoms with Crippen molar-refractivity contribution in [1.29, 1.82) is 0 Å². The van der Waals surface area contributed by atoms with Crippen LogP contribution in [0, 0.1) is 0 Å². The first-order chi connectivity index (χ1) is 15.5.